The average molecular weight is 340 g/mol. The van der Waals surface area contributed by atoms with Crippen LogP contribution >= 0.6 is 15.9 Å². The van der Waals surface area contributed by atoms with Gasteiger partial charge in [0.25, 0.3) is 11.5 Å². The number of ether oxygens (including phenoxy) is 1. The number of aromatic amines is 2. The van der Waals surface area contributed by atoms with Gasteiger partial charge in [-0.05, 0) is 18.2 Å². The van der Waals surface area contributed by atoms with E-state index in [1.807, 2.05) is 4.98 Å². The van der Waals surface area contributed by atoms with Crippen molar-refractivity contribution >= 4 is 27.5 Å². The van der Waals surface area contributed by atoms with Crippen LogP contribution < -0.4 is 21.3 Å². The third kappa shape index (κ3) is 3.15. The molecule has 104 valence electrons. The Morgan fingerprint density at radius 2 is 2.00 bits per heavy atom. The molecule has 0 aliphatic rings. The zero-order valence-corrected chi connectivity index (χ0v) is 11.9. The van der Waals surface area contributed by atoms with Gasteiger partial charge in [-0.3, -0.25) is 14.6 Å². The van der Waals surface area contributed by atoms with E-state index in [2.05, 4.69) is 26.2 Å². The molecule has 8 heteroatoms. The molecular formula is C12H10BrN3O4. The lowest BCUT2D eigenvalue weighted by Gasteiger charge is -2.10. The Bertz CT molecular complexity index is 738. The molecule has 0 bridgehead atoms. The van der Waals surface area contributed by atoms with Gasteiger partial charge in [0.05, 0.1) is 12.8 Å². The predicted octanol–water partition coefficient (Wildman–Crippen LogP) is 1.09. The number of nitrogens with one attached hydrogen (secondary N) is 3. The maximum atomic E-state index is 12.0. The van der Waals surface area contributed by atoms with Gasteiger partial charge in [0.2, 0.25) is 0 Å². The molecule has 0 atom stereocenters. The summed E-state index contributed by atoms with van der Waals surface area (Å²) < 4.78 is 5.85. The fraction of sp³-hybridized carbons (Fsp3) is 0.0833. The summed E-state index contributed by atoms with van der Waals surface area (Å²) in [7, 11) is 1.47. The molecule has 0 unspecified atom stereocenters. The summed E-state index contributed by atoms with van der Waals surface area (Å²) in [6.07, 6.45) is 0. The molecule has 0 saturated carbocycles. The highest BCUT2D eigenvalue weighted by molar-refractivity contribution is 9.10. The van der Waals surface area contributed by atoms with Gasteiger partial charge in [-0.25, -0.2) is 4.79 Å². The highest BCUT2D eigenvalue weighted by Gasteiger charge is 2.11. The van der Waals surface area contributed by atoms with Crippen LogP contribution in [0.2, 0.25) is 0 Å². The maximum Gasteiger partial charge on any atom is 0.326 e. The minimum atomic E-state index is -0.746. The van der Waals surface area contributed by atoms with Crippen LogP contribution in [0.1, 0.15) is 10.5 Å². The van der Waals surface area contributed by atoms with E-state index in [-0.39, 0.29) is 5.69 Å². The molecule has 1 amide bonds. The first-order chi connectivity index (χ1) is 9.49. The number of aromatic nitrogens is 2. The number of H-pyrrole nitrogens is 2. The molecule has 1 heterocycles. The largest absolute Gasteiger partial charge is 0.495 e. The summed E-state index contributed by atoms with van der Waals surface area (Å²) >= 11 is 3.28. The van der Waals surface area contributed by atoms with Gasteiger partial charge in [0.15, 0.2) is 0 Å². The van der Waals surface area contributed by atoms with Gasteiger partial charge in [0.1, 0.15) is 11.4 Å². The number of carbonyl (C=O) groups is 1. The predicted molar refractivity (Wildman–Crippen MR) is 76.3 cm³/mol. The highest BCUT2D eigenvalue weighted by atomic mass is 79.9. The van der Waals surface area contributed by atoms with Gasteiger partial charge in [0, 0.05) is 10.5 Å². The number of rotatable bonds is 3. The van der Waals surface area contributed by atoms with Crippen LogP contribution in [0.15, 0.2) is 38.3 Å². The number of amides is 1. The van der Waals surface area contributed by atoms with Gasteiger partial charge < -0.3 is 15.0 Å². The number of hydrogen-bond donors (Lipinski definition) is 3. The van der Waals surface area contributed by atoms with Crippen LogP contribution in [0.5, 0.6) is 5.75 Å². The second kappa shape index (κ2) is 5.74. The number of benzene rings is 1. The zero-order chi connectivity index (χ0) is 14.7. The number of carbonyl (C=O) groups excluding carboxylic acids is 1. The van der Waals surface area contributed by atoms with E-state index in [1.54, 1.807) is 18.2 Å². The van der Waals surface area contributed by atoms with Crippen molar-refractivity contribution in [2.24, 2.45) is 0 Å². The molecule has 0 saturated heterocycles. The first kappa shape index (κ1) is 14.1. The second-order valence-corrected chi connectivity index (χ2v) is 4.72. The third-order valence-corrected chi connectivity index (χ3v) is 2.91. The molecule has 0 radical (unpaired) electrons. The molecule has 20 heavy (non-hydrogen) atoms. The smallest absolute Gasteiger partial charge is 0.326 e. The summed E-state index contributed by atoms with van der Waals surface area (Å²) in [5.41, 5.74) is -1.13. The lowest BCUT2D eigenvalue weighted by atomic mass is 10.2. The average Bonchev–Trinajstić information content (AvgIpc) is 2.37. The van der Waals surface area contributed by atoms with Crippen molar-refractivity contribution < 1.29 is 9.53 Å². The van der Waals surface area contributed by atoms with Crippen molar-refractivity contribution in [3.63, 3.8) is 0 Å². The van der Waals surface area contributed by atoms with Crippen molar-refractivity contribution in [1.29, 1.82) is 0 Å². The molecule has 3 N–H and O–H groups in total. The molecule has 1 aromatic heterocycles. The molecule has 0 fully saturated rings. The Labute approximate surface area is 121 Å². The van der Waals surface area contributed by atoms with E-state index in [1.165, 1.54) is 7.11 Å². The SMILES string of the molecule is COc1ccc(Br)cc1NC(=O)c1cc(=O)[nH]c(=O)[nH]1. The Morgan fingerprint density at radius 3 is 2.65 bits per heavy atom. The van der Waals surface area contributed by atoms with Gasteiger partial charge in [-0.2, -0.15) is 0 Å². The van der Waals surface area contributed by atoms with Crippen LogP contribution in [-0.2, 0) is 0 Å². The van der Waals surface area contributed by atoms with Gasteiger partial charge >= 0.3 is 5.69 Å². The van der Waals surface area contributed by atoms with Crippen LogP contribution in [0, 0.1) is 0 Å². The normalized spacial score (nSPS) is 10.1. The summed E-state index contributed by atoms with van der Waals surface area (Å²) in [5, 5.41) is 2.56. The Kier molecular flexibility index (Phi) is 4.04. The van der Waals surface area contributed by atoms with Crippen LogP contribution in [0.25, 0.3) is 0 Å². The second-order valence-electron chi connectivity index (χ2n) is 3.80. The molecule has 0 spiro atoms. The molecular weight excluding hydrogens is 330 g/mol. The number of hydrogen-bond acceptors (Lipinski definition) is 4. The molecule has 7 nitrogen and oxygen atoms in total. The van der Waals surface area contributed by atoms with Gasteiger partial charge in [-0.15, -0.1) is 0 Å². The van der Waals surface area contributed by atoms with Crippen LogP contribution in [-0.4, -0.2) is 23.0 Å². The van der Waals surface area contributed by atoms with E-state index in [4.69, 9.17) is 4.74 Å². The zero-order valence-electron chi connectivity index (χ0n) is 10.3. The van der Waals surface area contributed by atoms with Crippen molar-refractivity contribution in [1.82, 2.24) is 9.97 Å². The molecule has 2 aromatic rings. The van der Waals surface area contributed by atoms with E-state index in [0.717, 1.165) is 10.5 Å². The monoisotopic (exact) mass is 339 g/mol. The minimum Gasteiger partial charge on any atom is -0.495 e. The fourth-order valence-corrected chi connectivity index (χ4v) is 1.92. The van der Waals surface area contributed by atoms with E-state index in [0.29, 0.717) is 11.4 Å². The maximum absolute atomic E-state index is 12.0. The summed E-state index contributed by atoms with van der Waals surface area (Å²) in [6.45, 7) is 0. The van der Waals surface area contributed by atoms with Crippen LogP contribution in [0.4, 0.5) is 5.69 Å². The standard InChI is InChI=1S/C12H10BrN3O4/c1-20-9-3-2-6(13)4-7(9)14-11(18)8-5-10(17)16-12(19)15-8/h2-5H,1H3,(H,14,18)(H2,15,16,17,19). The molecule has 2 rings (SSSR count). The Hall–Kier alpha value is -2.35. The van der Waals surface area contributed by atoms with E-state index < -0.39 is 17.2 Å². The van der Waals surface area contributed by atoms with E-state index in [9.17, 15) is 14.4 Å². The molecule has 0 aliphatic heterocycles. The lowest BCUT2D eigenvalue weighted by Crippen LogP contribution is -2.27. The van der Waals surface area contributed by atoms with Crippen molar-refractivity contribution in [2.45, 2.75) is 0 Å². The molecule has 1 aromatic carbocycles. The van der Waals surface area contributed by atoms with E-state index >= 15 is 0 Å². The fourth-order valence-electron chi connectivity index (χ4n) is 1.56. The summed E-state index contributed by atoms with van der Waals surface area (Å²) in [4.78, 5) is 38.5. The summed E-state index contributed by atoms with van der Waals surface area (Å²) in [6, 6.07) is 6.06. The van der Waals surface area contributed by atoms with Crippen molar-refractivity contribution in [2.75, 3.05) is 12.4 Å². The number of methoxy groups -OCH3 is 1. The van der Waals surface area contributed by atoms with Crippen molar-refractivity contribution in [3.05, 3.63) is 55.3 Å². The topological polar surface area (TPSA) is 104 Å². The molecule has 0 aliphatic carbocycles. The first-order valence-electron chi connectivity index (χ1n) is 5.48. The quantitative estimate of drug-likeness (QED) is 0.778. The lowest BCUT2D eigenvalue weighted by molar-refractivity contribution is 0.102. The number of anilines is 1. The summed E-state index contributed by atoms with van der Waals surface area (Å²) in [5.74, 6) is -0.168. The minimum absolute atomic E-state index is 0.138. The Balaban J connectivity index is 2.34. The number of halogens is 1. The highest BCUT2D eigenvalue weighted by Crippen LogP contribution is 2.28. The van der Waals surface area contributed by atoms with Crippen molar-refractivity contribution in [3.8, 4) is 5.75 Å². The van der Waals surface area contributed by atoms with Crippen LogP contribution in [0.3, 0.4) is 0 Å². The Morgan fingerprint density at radius 1 is 1.25 bits per heavy atom. The first-order valence-corrected chi connectivity index (χ1v) is 6.27. The van der Waals surface area contributed by atoms with Gasteiger partial charge in [-0.1, -0.05) is 15.9 Å². The third-order valence-electron chi connectivity index (χ3n) is 2.41.